The lowest BCUT2D eigenvalue weighted by molar-refractivity contribution is 0.590. The second-order valence-electron chi connectivity index (χ2n) is 6.11. The third-order valence-corrected chi connectivity index (χ3v) is 3.35. The lowest BCUT2D eigenvalue weighted by Gasteiger charge is -2.19. The highest BCUT2D eigenvalue weighted by Crippen LogP contribution is 2.22. The first-order valence-electron chi connectivity index (χ1n) is 7.60. The van der Waals surface area contributed by atoms with Crippen molar-refractivity contribution in [2.45, 2.75) is 60.8 Å². The van der Waals surface area contributed by atoms with Gasteiger partial charge in [-0.15, -0.1) is 0 Å². The fourth-order valence-corrected chi connectivity index (χ4v) is 2.06. The molecule has 0 saturated heterocycles. The van der Waals surface area contributed by atoms with Crippen LogP contribution in [0.3, 0.4) is 0 Å². The first-order valence-corrected chi connectivity index (χ1v) is 7.60. The molecule has 116 valence electrons. The zero-order chi connectivity index (χ0) is 15.2. The van der Waals surface area contributed by atoms with E-state index in [9.17, 15) is 0 Å². The summed E-state index contributed by atoms with van der Waals surface area (Å²) >= 11 is 0. The maximum Gasteiger partial charge on any atom is -0.00258 e. The third-order valence-electron chi connectivity index (χ3n) is 3.35. The van der Waals surface area contributed by atoms with E-state index in [0.717, 1.165) is 6.42 Å². The van der Waals surface area contributed by atoms with Crippen molar-refractivity contribution in [3.8, 4) is 0 Å². The second-order valence-corrected chi connectivity index (χ2v) is 6.11. The molecule has 0 aromatic heterocycles. The molecular formula is C21H32. The van der Waals surface area contributed by atoms with Crippen LogP contribution in [0, 0.1) is 6.92 Å². The Labute approximate surface area is 132 Å². The van der Waals surface area contributed by atoms with Crippen molar-refractivity contribution in [1.29, 1.82) is 0 Å². The van der Waals surface area contributed by atoms with E-state index in [0.29, 0.717) is 0 Å². The van der Waals surface area contributed by atoms with E-state index in [4.69, 9.17) is 0 Å². The van der Waals surface area contributed by atoms with E-state index in [1.165, 1.54) is 22.3 Å². The van der Waals surface area contributed by atoms with Crippen LogP contribution < -0.4 is 0 Å². The molecule has 2 aromatic rings. The van der Waals surface area contributed by atoms with Crippen molar-refractivity contribution in [2.24, 2.45) is 0 Å². The Hall–Kier alpha value is -1.56. The summed E-state index contributed by atoms with van der Waals surface area (Å²) < 4.78 is 0. The maximum absolute atomic E-state index is 2.25. The molecule has 0 aliphatic rings. The average Bonchev–Trinajstić information content (AvgIpc) is 2.43. The lowest BCUT2D eigenvalue weighted by atomic mass is 9.86. The van der Waals surface area contributed by atoms with Crippen molar-refractivity contribution < 1.29 is 0 Å². The van der Waals surface area contributed by atoms with Gasteiger partial charge in [0.05, 0.1) is 0 Å². The van der Waals surface area contributed by atoms with Gasteiger partial charge < -0.3 is 0 Å². The molecule has 0 spiro atoms. The number of hydrogen-bond donors (Lipinski definition) is 0. The van der Waals surface area contributed by atoms with Gasteiger partial charge >= 0.3 is 0 Å². The van der Waals surface area contributed by atoms with Crippen molar-refractivity contribution in [1.82, 2.24) is 0 Å². The maximum atomic E-state index is 2.25. The van der Waals surface area contributed by atoms with E-state index in [1.807, 2.05) is 13.8 Å². The van der Waals surface area contributed by atoms with Crippen LogP contribution in [0.15, 0.2) is 48.5 Å². The number of rotatable bonds is 2. The van der Waals surface area contributed by atoms with E-state index >= 15 is 0 Å². The summed E-state index contributed by atoms with van der Waals surface area (Å²) in [5.74, 6) is 0. The van der Waals surface area contributed by atoms with E-state index in [2.05, 4.69) is 76.2 Å². The Bertz CT molecular complexity index is 495. The molecule has 0 aliphatic heterocycles. The van der Waals surface area contributed by atoms with E-state index in [-0.39, 0.29) is 12.8 Å². The van der Waals surface area contributed by atoms with Crippen molar-refractivity contribution in [2.75, 3.05) is 0 Å². The highest BCUT2D eigenvalue weighted by atomic mass is 14.2. The Morgan fingerprint density at radius 1 is 0.714 bits per heavy atom. The molecule has 0 atom stereocenters. The zero-order valence-electron chi connectivity index (χ0n) is 13.8. The Kier molecular flexibility index (Phi) is 8.02. The van der Waals surface area contributed by atoms with Gasteiger partial charge in [0.25, 0.3) is 0 Å². The molecule has 0 aliphatic carbocycles. The molecule has 0 heteroatoms. The molecule has 0 radical (unpaired) electrons. The molecule has 0 N–H and O–H groups in total. The molecule has 2 aromatic carbocycles. The molecule has 0 unspecified atom stereocenters. The van der Waals surface area contributed by atoms with Crippen LogP contribution in [0.4, 0.5) is 0 Å². The van der Waals surface area contributed by atoms with Gasteiger partial charge in [0.2, 0.25) is 0 Å². The van der Waals surface area contributed by atoms with Crippen LogP contribution in [0.1, 0.15) is 64.3 Å². The quantitative estimate of drug-likeness (QED) is 0.587. The topological polar surface area (TPSA) is 0 Å². The largest absolute Gasteiger partial charge is 0.0776 e. The van der Waals surface area contributed by atoms with Gasteiger partial charge in [0, 0.05) is 0 Å². The molecule has 0 saturated carbocycles. The van der Waals surface area contributed by atoms with Crippen molar-refractivity contribution in [3.63, 3.8) is 0 Å². The van der Waals surface area contributed by atoms with Crippen molar-refractivity contribution >= 4 is 0 Å². The van der Waals surface area contributed by atoms with Crippen LogP contribution in [0.25, 0.3) is 0 Å². The van der Waals surface area contributed by atoms with Gasteiger partial charge in [-0.05, 0) is 35.4 Å². The predicted molar refractivity (Wildman–Crippen MR) is 97.2 cm³/mol. The molecule has 0 bridgehead atoms. The number of hydrogen-bond acceptors (Lipinski definition) is 0. The summed E-state index contributed by atoms with van der Waals surface area (Å²) in [6, 6.07) is 17.8. The standard InChI is InChI=1S/C18H22.C2H6.CH4/c1-14-5-7-15(8-6-14)13-16-9-11-17(12-10-16)18(2,3)4;1-2;/h5-12H,13H2,1-4H3;1-2H3;1H4. The molecule has 21 heavy (non-hydrogen) atoms. The molecule has 0 amide bonds. The first kappa shape index (κ1) is 19.4. The molecular weight excluding hydrogens is 252 g/mol. The molecule has 0 fully saturated rings. The van der Waals surface area contributed by atoms with E-state index in [1.54, 1.807) is 0 Å². The van der Waals surface area contributed by atoms with Crippen LogP contribution in [0.2, 0.25) is 0 Å². The average molecular weight is 284 g/mol. The summed E-state index contributed by atoms with van der Waals surface area (Å²) in [4.78, 5) is 0. The van der Waals surface area contributed by atoms with Gasteiger partial charge in [-0.1, -0.05) is 96.1 Å². The summed E-state index contributed by atoms with van der Waals surface area (Å²) in [5.41, 5.74) is 5.72. The highest BCUT2D eigenvalue weighted by Gasteiger charge is 2.12. The van der Waals surface area contributed by atoms with Crippen LogP contribution >= 0.6 is 0 Å². The highest BCUT2D eigenvalue weighted by molar-refractivity contribution is 5.32. The summed E-state index contributed by atoms with van der Waals surface area (Å²) in [6.07, 6.45) is 1.02. The van der Waals surface area contributed by atoms with Crippen LogP contribution in [-0.4, -0.2) is 0 Å². The van der Waals surface area contributed by atoms with Crippen LogP contribution in [-0.2, 0) is 11.8 Å². The SMILES string of the molecule is C.CC.Cc1ccc(Cc2ccc(C(C)(C)C)cc2)cc1. The lowest BCUT2D eigenvalue weighted by Crippen LogP contribution is -2.10. The molecule has 2 rings (SSSR count). The van der Waals surface area contributed by atoms with Gasteiger partial charge in [0.1, 0.15) is 0 Å². The van der Waals surface area contributed by atoms with Gasteiger partial charge in [-0.2, -0.15) is 0 Å². The summed E-state index contributed by atoms with van der Waals surface area (Å²) in [7, 11) is 0. The Balaban J connectivity index is 0.00000128. The Morgan fingerprint density at radius 3 is 1.48 bits per heavy atom. The normalized spacial score (nSPS) is 10.2. The minimum atomic E-state index is 0. The van der Waals surface area contributed by atoms with Gasteiger partial charge in [-0.25, -0.2) is 0 Å². The van der Waals surface area contributed by atoms with Crippen molar-refractivity contribution in [3.05, 3.63) is 70.8 Å². The monoisotopic (exact) mass is 284 g/mol. The minimum Gasteiger partial charge on any atom is -0.0776 e. The van der Waals surface area contributed by atoms with Gasteiger partial charge in [0.15, 0.2) is 0 Å². The fraction of sp³-hybridized carbons (Fsp3) is 0.429. The summed E-state index contributed by atoms with van der Waals surface area (Å²) in [5, 5.41) is 0. The van der Waals surface area contributed by atoms with Crippen LogP contribution in [0.5, 0.6) is 0 Å². The first-order chi connectivity index (χ1) is 9.45. The fourth-order valence-electron chi connectivity index (χ4n) is 2.06. The minimum absolute atomic E-state index is 0. The second kappa shape index (κ2) is 8.67. The number of benzene rings is 2. The summed E-state index contributed by atoms with van der Waals surface area (Å²) in [6.45, 7) is 12.9. The molecule has 0 nitrogen and oxygen atoms in total. The number of aryl methyl sites for hydroxylation is 1. The zero-order valence-corrected chi connectivity index (χ0v) is 13.8. The molecule has 0 heterocycles. The predicted octanol–water partition coefficient (Wildman–Crippen LogP) is 6.55. The van der Waals surface area contributed by atoms with E-state index < -0.39 is 0 Å². The van der Waals surface area contributed by atoms with Gasteiger partial charge in [-0.3, -0.25) is 0 Å². The Morgan fingerprint density at radius 2 is 1.10 bits per heavy atom. The third kappa shape index (κ3) is 6.16. The smallest absolute Gasteiger partial charge is 0.00258 e.